The maximum absolute atomic E-state index is 6.40. The molecule has 1 aromatic carbocycles. The molecular formula is C14H18ClIN4. The predicted octanol–water partition coefficient (Wildman–Crippen LogP) is 2.99. The molecule has 0 saturated heterocycles. The molecule has 3 N–H and O–H groups in total. The molecule has 0 bridgehead atoms. The molecule has 1 heterocycles. The van der Waals surface area contributed by atoms with Crippen LogP contribution in [0.15, 0.2) is 24.3 Å². The van der Waals surface area contributed by atoms with Crippen molar-refractivity contribution in [1.29, 1.82) is 0 Å². The number of nitrogens with one attached hydrogen (secondary N) is 1. The average molecular weight is 405 g/mol. The molecule has 20 heavy (non-hydrogen) atoms. The van der Waals surface area contributed by atoms with Gasteiger partial charge in [0.15, 0.2) is 0 Å². The third kappa shape index (κ3) is 3.16. The third-order valence-corrected chi connectivity index (χ3v) is 4.80. The van der Waals surface area contributed by atoms with Crippen LogP contribution in [-0.4, -0.2) is 9.78 Å². The monoisotopic (exact) mass is 404 g/mol. The van der Waals surface area contributed by atoms with Gasteiger partial charge in [-0.05, 0) is 40.6 Å². The normalized spacial score (nSPS) is 12.7. The van der Waals surface area contributed by atoms with Crippen molar-refractivity contribution in [2.75, 3.05) is 0 Å². The van der Waals surface area contributed by atoms with Crippen molar-refractivity contribution < 1.29 is 0 Å². The van der Waals surface area contributed by atoms with Gasteiger partial charge in [-0.2, -0.15) is 5.10 Å². The van der Waals surface area contributed by atoms with Gasteiger partial charge >= 0.3 is 0 Å². The minimum atomic E-state index is 0.0145. The van der Waals surface area contributed by atoms with Gasteiger partial charge in [-0.25, -0.2) is 0 Å². The molecule has 6 heteroatoms. The fraction of sp³-hybridized carbons (Fsp3) is 0.357. The summed E-state index contributed by atoms with van der Waals surface area (Å²) in [6.07, 6.45) is 1.54. The molecule has 0 saturated carbocycles. The van der Waals surface area contributed by atoms with E-state index in [1.54, 1.807) is 0 Å². The van der Waals surface area contributed by atoms with Gasteiger partial charge in [-0.3, -0.25) is 16.0 Å². The number of hydrazine groups is 1. The van der Waals surface area contributed by atoms with E-state index in [4.69, 9.17) is 17.4 Å². The summed E-state index contributed by atoms with van der Waals surface area (Å²) in [5.41, 5.74) is 6.00. The van der Waals surface area contributed by atoms with Gasteiger partial charge in [0.05, 0.1) is 22.5 Å². The largest absolute Gasteiger partial charge is 0.271 e. The topological polar surface area (TPSA) is 55.9 Å². The molecular weight excluding hydrogens is 387 g/mol. The zero-order valence-electron chi connectivity index (χ0n) is 11.5. The molecule has 4 nitrogen and oxygen atoms in total. The van der Waals surface area contributed by atoms with Crippen LogP contribution in [0.2, 0.25) is 5.02 Å². The highest BCUT2D eigenvalue weighted by atomic mass is 127. The van der Waals surface area contributed by atoms with Crippen LogP contribution in [0.25, 0.3) is 0 Å². The van der Waals surface area contributed by atoms with E-state index >= 15 is 0 Å². The first-order valence-corrected chi connectivity index (χ1v) is 7.94. The predicted molar refractivity (Wildman–Crippen MR) is 90.5 cm³/mol. The summed E-state index contributed by atoms with van der Waals surface area (Å²) >= 11 is 8.72. The average Bonchev–Trinajstić information content (AvgIpc) is 2.72. The van der Waals surface area contributed by atoms with Gasteiger partial charge in [0.2, 0.25) is 0 Å². The lowest BCUT2D eigenvalue weighted by Gasteiger charge is -2.18. The summed E-state index contributed by atoms with van der Waals surface area (Å²) in [6.45, 7) is 2.05. The Balaban J connectivity index is 2.32. The van der Waals surface area contributed by atoms with E-state index < -0.39 is 0 Å². The Hall–Kier alpha value is -0.630. The fourth-order valence-corrected chi connectivity index (χ4v) is 3.39. The van der Waals surface area contributed by atoms with Gasteiger partial charge in [0.25, 0.3) is 0 Å². The third-order valence-electron chi connectivity index (χ3n) is 3.38. The fourth-order valence-electron chi connectivity index (χ4n) is 2.25. The number of benzene rings is 1. The molecule has 0 amide bonds. The highest BCUT2D eigenvalue weighted by molar-refractivity contribution is 14.1. The molecule has 0 aliphatic carbocycles. The number of nitrogens with zero attached hydrogens (tertiary/aromatic N) is 2. The first-order chi connectivity index (χ1) is 9.58. The van der Waals surface area contributed by atoms with Crippen LogP contribution in [-0.2, 0) is 19.9 Å². The number of nitrogens with two attached hydrogens (primary N) is 1. The lowest BCUT2D eigenvalue weighted by molar-refractivity contribution is 0.528. The number of rotatable bonds is 5. The molecule has 2 rings (SSSR count). The number of aromatic nitrogens is 2. The molecule has 0 fully saturated rings. The first kappa shape index (κ1) is 15.8. The number of hydrogen-bond acceptors (Lipinski definition) is 3. The van der Waals surface area contributed by atoms with Gasteiger partial charge in [-0.15, -0.1) is 0 Å². The Morgan fingerprint density at radius 1 is 1.45 bits per heavy atom. The summed E-state index contributed by atoms with van der Waals surface area (Å²) in [6, 6.07) is 8.20. The summed E-state index contributed by atoms with van der Waals surface area (Å²) < 4.78 is 3.03. The zero-order chi connectivity index (χ0) is 14.7. The molecule has 2 aromatic rings. The number of hydrogen-bond donors (Lipinski definition) is 2. The van der Waals surface area contributed by atoms with E-state index in [9.17, 15) is 0 Å². The van der Waals surface area contributed by atoms with Crippen LogP contribution in [0.1, 0.15) is 29.9 Å². The van der Waals surface area contributed by atoms with Crippen LogP contribution in [0.5, 0.6) is 0 Å². The van der Waals surface area contributed by atoms with Crippen molar-refractivity contribution in [3.63, 3.8) is 0 Å². The van der Waals surface area contributed by atoms with E-state index in [-0.39, 0.29) is 6.04 Å². The highest BCUT2D eigenvalue weighted by Crippen LogP contribution is 2.27. The quantitative estimate of drug-likeness (QED) is 0.458. The smallest absolute Gasteiger partial charge is 0.0850 e. The molecule has 0 aliphatic heterocycles. The maximum Gasteiger partial charge on any atom is 0.0850 e. The minimum absolute atomic E-state index is 0.0145. The minimum Gasteiger partial charge on any atom is -0.271 e. The molecule has 1 unspecified atom stereocenters. The highest BCUT2D eigenvalue weighted by Gasteiger charge is 2.19. The van der Waals surface area contributed by atoms with Crippen molar-refractivity contribution in [3.05, 3.63) is 49.8 Å². The van der Waals surface area contributed by atoms with E-state index in [1.165, 1.54) is 9.13 Å². The summed E-state index contributed by atoms with van der Waals surface area (Å²) in [5, 5.41) is 5.20. The lowest BCUT2D eigenvalue weighted by atomic mass is 10.0. The van der Waals surface area contributed by atoms with Crippen molar-refractivity contribution in [1.82, 2.24) is 15.2 Å². The molecule has 108 valence electrons. The first-order valence-electron chi connectivity index (χ1n) is 6.49. The molecule has 0 spiro atoms. The van der Waals surface area contributed by atoms with E-state index in [0.29, 0.717) is 6.42 Å². The van der Waals surface area contributed by atoms with Crippen LogP contribution < -0.4 is 11.3 Å². The van der Waals surface area contributed by atoms with Crippen molar-refractivity contribution >= 4 is 34.2 Å². The molecule has 1 atom stereocenters. The summed E-state index contributed by atoms with van der Waals surface area (Å²) in [7, 11) is 1.92. The van der Waals surface area contributed by atoms with Crippen LogP contribution in [0.3, 0.4) is 0 Å². The van der Waals surface area contributed by atoms with Gasteiger partial charge in [0, 0.05) is 17.0 Å². The van der Waals surface area contributed by atoms with Gasteiger partial charge < -0.3 is 0 Å². The van der Waals surface area contributed by atoms with Crippen LogP contribution >= 0.6 is 34.2 Å². The van der Waals surface area contributed by atoms with Crippen molar-refractivity contribution in [2.24, 2.45) is 12.9 Å². The van der Waals surface area contributed by atoms with E-state index in [1.807, 2.05) is 23.9 Å². The molecule has 0 aliphatic rings. The Kier molecular flexibility index (Phi) is 5.42. The van der Waals surface area contributed by atoms with Gasteiger partial charge in [0.1, 0.15) is 0 Å². The summed E-state index contributed by atoms with van der Waals surface area (Å²) in [4.78, 5) is 0. The number of halogens is 2. The zero-order valence-corrected chi connectivity index (χ0v) is 14.4. The van der Waals surface area contributed by atoms with Crippen LogP contribution in [0, 0.1) is 3.57 Å². The SMILES string of the molecule is CCc1nn(C)c(CC(NN)c2ccccc2I)c1Cl. The Labute approximate surface area is 137 Å². The molecule has 0 radical (unpaired) electrons. The van der Waals surface area contributed by atoms with Gasteiger partial charge in [-0.1, -0.05) is 36.7 Å². The second-order valence-corrected chi connectivity index (χ2v) is 6.17. The van der Waals surface area contributed by atoms with Crippen molar-refractivity contribution in [3.8, 4) is 0 Å². The Morgan fingerprint density at radius 3 is 2.70 bits per heavy atom. The second-order valence-electron chi connectivity index (χ2n) is 4.63. The van der Waals surface area contributed by atoms with Crippen LogP contribution in [0.4, 0.5) is 0 Å². The van der Waals surface area contributed by atoms with E-state index in [2.05, 4.69) is 52.2 Å². The standard InChI is InChI=1S/C14H18ClIN4/c1-3-11-14(15)13(20(2)19-11)8-12(18-17)9-6-4-5-7-10(9)16/h4-7,12,18H,3,8,17H2,1-2H3. The lowest BCUT2D eigenvalue weighted by Crippen LogP contribution is -2.30. The maximum atomic E-state index is 6.40. The molecule has 1 aromatic heterocycles. The van der Waals surface area contributed by atoms with Crippen molar-refractivity contribution in [2.45, 2.75) is 25.8 Å². The Bertz CT molecular complexity index is 597. The second kappa shape index (κ2) is 6.89. The number of aryl methyl sites for hydroxylation is 2. The Morgan fingerprint density at radius 2 is 2.15 bits per heavy atom. The summed E-state index contributed by atoms with van der Waals surface area (Å²) in [5.74, 6) is 5.73. The van der Waals surface area contributed by atoms with E-state index in [0.717, 1.165) is 22.8 Å².